The third kappa shape index (κ3) is 14.1. The highest BCUT2D eigenvalue weighted by atomic mass is 32.2. The molecule has 0 aliphatic rings. The van der Waals surface area contributed by atoms with Crippen LogP contribution in [0.2, 0.25) is 0 Å². The minimum atomic E-state index is -3.33. The topological polar surface area (TPSA) is 200 Å². The third-order valence-electron chi connectivity index (χ3n) is 15.3. The van der Waals surface area contributed by atoms with E-state index in [4.69, 9.17) is 4.74 Å². The van der Waals surface area contributed by atoms with Gasteiger partial charge in [0, 0.05) is 83.0 Å². The summed E-state index contributed by atoms with van der Waals surface area (Å²) in [5.74, 6) is -1.77. The highest BCUT2D eigenvalue weighted by Crippen LogP contribution is 2.32. The standard InChI is InChI=1S/C37H38N2O5S.C33H30N2O5S/c1-24-25(2)39(23-26-14-16-28(17-15-26)31-12-7-8-13-32(31)36(41)44-37(3,4)5)34-19-18-29(21-33(24)34)35(40)38-22-27-10-9-11-30(20-27)45(6,42)43;1-21-22(2)35(20-23-11-13-25(14-12-23)28-9-4-5-10-29(28)33(37)38)31-16-15-26(18-30(21)31)32(36)34-19-24-7-6-8-27(17-24)41(3,39)40/h7-21H,22-23H2,1-6H3,(H,38,40);4-18H,19-20H2,1-3H3,(H,34,36)(H,37,38). The molecule has 0 unspecified atom stereocenters. The summed E-state index contributed by atoms with van der Waals surface area (Å²) in [5.41, 5.74) is 14.6. The maximum Gasteiger partial charge on any atom is 0.339 e. The zero-order chi connectivity index (χ0) is 61.8. The lowest BCUT2D eigenvalue weighted by molar-refractivity contribution is 0.00698. The normalized spacial score (nSPS) is 11.7. The number of hydrogen-bond acceptors (Lipinski definition) is 9. The number of amides is 2. The molecular formula is C70H68N4O10S2. The molecule has 0 saturated carbocycles. The first-order valence-electron chi connectivity index (χ1n) is 27.9. The Bertz CT molecular complexity index is 4500. The van der Waals surface area contributed by atoms with Crippen molar-refractivity contribution in [3.05, 3.63) is 249 Å². The minimum absolute atomic E-state index is 0.214. The molecule has 0 radical (unpaired) electrons. The maximum atomic E-state index is 13.1. The van der Waals surface area contributed by atoms with Gasteiger partial charge in [0.2, 0.25) is 0 Å². The largest absolute Gasteiger partial charge is 0.478 e. The smallest absolute Gasteiger partial charge is 0.339 e. The van der Waals surface area contributed by atoms with Crippen LogP contribution in [-0.2, 0) is 50.6 Å². The summed E-state index contributed by atoms with van der Waals surface area (Å²) in [7, 11) is -6.65. The van der Waals surface area contributed by atoms with Crippen LogP contribution < -0.4 is 10.6 Å². The van der Waals surface area contributed by atoms with Crippen molar-refractivity contribution in [1.29, 1.82) is 0 Å². The van der Waals surface area contributed by atoms with E-state index in [1.54, 1.807) is 66.7 Å². The van der Waals surface area contributed by atoms with E-state index >= 15 is 0 Å². The molecule has 8 aromatic carbocycles. The number of aromatic carboxylic acids is 1. The number of rotatable bonds is 16. The molecule has 0 aliphatic heterocycles. The highest BCUT2D eigenvalue weighted by Gasteiger charge is 2.22. The van der Waals surface area contributed by atoms with Crippen LogP contribution >= 0.6 is 0 Å². The first-order valence-corrected chi connectivity index (χ1v) is 31.7. The lowest BCUT2D eigenvalue weighted by Gasteiger charge is -2.20. The monoisotopic (exact) mass is 1190 g/mol. The Hall–Kier alpha value is -9.38. The molecule has 0 bridgehead atoms. The predicted octanol–water partition coefficient (Wildman–Crippen LogP) is 13.3. The summed E-state index contributed by atoms with van der Waals surface area (Å²) in [5, 5.41) is 17.3. The number of benzene rings is 8. The zero-order valence-corrected chi connectivity index (χ0v) is 51.1. The molecular weight excluding hydrogens is 1120 g/mol. The number of aromatic nitrogens is 2. The van der Waals surface area contributed by atoms with Crippen LogP contribution in [0.4, 0.5) is 0 Å². The van der Waals surface area contributed by atoms with Gasteiger partial charge in [-0.2, -0.15) is 0 Å². The molecule has 0 atom stereocenters. The first kappa shape index (κ1) is 61.2. The number of aryl methyl sites for hydroxylation is 2. The second-order valence-electron chi connectivity index (χ2n) is 22.6. The molecule has 2 aromatic heterocycles. The minimum Gasteiger partial charge on any atom is -0.478 e. The van der Waals surface area contributed by atoms with E-state index in [0.717, 1.165) is 78.4 Å². The summed E-state index contributed by atoms with van der Waals surface area (Å²) >= 11 is 0. The Labute approximate surface area is 502 Å². The van der Waals surface area contributed by atoms with E-state index in [1.807, 2.05) is 125 Å². The molecule has 2 amide bonds. The second-order valence-corrected chi connectivity index (χ2v) is 26.6. The van der Waals surface area contributed by atoms with Gasteiger partial charge in [0.25, 0.3) is 11.8 Å². The molecule has 10 aromatic rings. The van der Waals surface area contributed by atoms with E-state index in [9.17, 15) is 41.1 Å². The SMILES string of the molecule is Cc1c(C)n(Cc2ccc(-c3ccccc3C(=O)O)cc2)c2ccc(C(=O)NCc3cccc(S(C)(=O)=O)c3)cc12.Cc1c(C)n(Cc2ccc(-c3ccccc3C(=O)OC(C)(C)C)cc2)c2ccc(C(=O)NCc3cccc(S(C)(=O)=O)c3)cc12. The van der Waals surface area contributed by atoms with Crippen molar-refractivity contribution in [2.24, 2.45) is 0 Å². The van der Waals surface area contributed by atoms with Crippen molar-refractivity contribution in [3.8, 4) is 22.3 Å². The number of ether oxygens (including phenoxy) is 1. The molecule has 14 nitrogen and oxygen atoms in total. The average molecular weight is 1190 g/mol. The van der Waals surface area contributed by atoms with Gasteiger partial charge in [0.15, 0.2) is 19.7 Å². The van der Waals surface area contributed by atoms with E-state index in [-0.39, 0.29) is 46.2 Å². The van der Waals surface area contributed by atoms with Crippen molar-refractivity contribution in [2.75, 3.05) is 12.5 Å². The number of carboxylic acids is 1. The number of carbonyl (C=O) groups is 4. The van der Waals surface area contributed by atoms with Crippen LogP contribution in [0.15, 0.2) is 192 Å². The number of nitrogens with one attached hydrogen (secondary N) is 2. The fourth-order valence-corrected chi connectivity index (χ4v) is 11.8. The van der Waals surface area contributed by atoms with Crippen molar-refractivity contribution < 1.29 is 45.9 Å². The predicted molar refractivity (Wildman–Crippen MR) is 338 cm³/mol. The van der Waals surface area contributed by atoms with Crippen LogP contribution in [0.3, 0.4) is 0 Å². The van der Waals surface area contributed by atoms with E-state index in [2.05, 4.69) is 52.7 Å². The number of sulfone groups is 2. The molecule has 16 heteroatoms. The zero-order valence-electron chi connectivity index (χ0n) is 49.5. The fraction of sp³-hybridized carbons (Fsp3) is 0.200. The summed E-state index contributed by atoms with van der Waals surface area (Å²) in [4.78, 5) is 51.0. The van der Waals surface area contributed by atoms with Gasteiger partial charge in [-0.15, -0.1) is 0 Å². The van der Waals surface area contributed by atoms with Crippen molar-refractivity contribution in [2.45, 2.75) is 90.0 Å². The molecule has 0 saturated heterocycles. The van der Waals surface area contributed by atoms with Gasteiger partial charge in [-0.05, 0) is 177 Å². The molecule has 0 aliphatic carbocycles. The Balaban J connectivity index is 0.000000206. The van der Waals surface area contributed by atoms with Gasteiger partial charge < -0.3 is 29.6 Å². The lowest BCUT2D eigenvalue weighted by atomic mass is 9.98. The van der Waals surface area contributed by atoms with Gasteiger partial charge in [0.05, 0.1) is 20.9 Å². The quantitative estimate of drug-likeness (QED) is 0.0782. The third-order valence-corrected chi connectivity index (χ3v) is 17.5. The van der Waals surface area contributed by atoms with Crippen LogP contribution in [0, 0.1) is 27.7 Å². The van der Waals surface area contributed by atoms with Gasteiger partial charge >= 0.3 is 11.9 Å². The molecule has 2 heterocycles. The highest BCUT2D eigenvalue weighted by molar-refractivity contribution is 7.91. The molecule has 86 heavy (non-hydrogen) atoms. The number of hydrogen-bond donors (Lipinski definition) is 3. The van der Waals surface area contributed by atoms with Crippen LogP contribution in [0.5, 0.6) is 0 Å². The Morgan fingerprint density at radius 2 is 0.872 bits per heavy atom. The summed E-state index contributed by atoms with van der Waals surface area (Å²) in [6, 6.07) is 55.1. The number of nitrogens with zero attached hydrogens (tertiary/aromatic N) is 2. The first-order chi connectivity index (χ1) is 40.7. The molecule has 3 N–H and O–H groups in total. The average Bonchev–Trinajstić information content (AvgIpc) is 2.18. The van der Waals surface area contributed by atoms with Crippen LogP contribution in [-0.4, -0.2) is 72.9 Å². The second kappa shape index (κ2) is 25.1. The maximum absolute atomic E-state index is 13.1. The molecule has 0 spiro atoms. The summed E-state index contributed by atoms with van der Waals surface area (Å²) in [6.45, 7) is 15.5. The number of esters is 1. The van der Waals surface area contributed by atoms with E-state index in [0.29, 0.717) is 46.5 Å². The summed E-state index contributed by atoms with van der Waals surface area (Å²) < 4.78 is 57.5. The van der Waals surface area contributed by atoms with Gasteiger partial charge in [-0.25, -0.2) is 26.4 Å². The van der Waals surface area contributed by atoms with Crippen molar-refractivity contribution in [1.82, 2.24) is 19.8 Å². The number of fused-ring (bicyclic) bond motifs is 2. The van der Waals surface area contributed by atoms with Gasteiger partial charge in [0.1, 0.15) is 5.60 Å². The lowest BCUT2D eigenvalue weighted by Crippen LogP contribution is -2.24. The number of carboxylic acid groups (broad SMARTS) is 1. The number of carbonyl (C=O) groups excluding carboxylic acids is 3. The summed E-state index contributed by atoms with van der Waals surface area (Å²) in [6.07, 6.45) is 2.33. The van der Waals surface area contributed by atoms with Crippen LogP contribution in [0.25, 0.3) is 44.1 Å². The van der Waals surface area contributed by atoms with Crippen LogP contribution in [0.1, 0.15) is 107 Å². The fourth-order valence-electron chi connectivity index (χ4n) is 10.4. The van der Waals surface area contributed by atoms with Gasteiger partial charge in [-0.3, -0.25) is 9.59 Å². The van der Waals surface area contributed by atoms with E-state index < -0.39 is 31.2 Å². The Kier molecular flexibility index (Phi) is 17.8. The molecule has 10 rings (SSSR count). The molecule has 440 valence electrons. The van der Waals surface area contributed by atoms with Crippen molar-refractivity contribution >= 4 is 65.2 Å². The Morgan fingerprint density at radius 1 is 0.477 bits per heavy atom. The van der Waals surface area contributed by atoms with E-state index in [1.165, 1.54) is 12.3 Å². The van der Waals surface area contributed by atoms with Crippen molar-refractivity contribution in [3.63, 3.8) is 0 Å². The van der Waals surface area contributed by atoms with Gasteiger partial charge in [-0.1, -0.05) is 109 Å². The Morgan fingerprint density at radius 3 is 1.27 bits per heavy atom. The molecule has 0 fully saturated rings.